The van der Waals surface area contributed by atoms with E-state index in [1.54, 1.807) is 0 Å². The molecule has 2 aromatic carbocycles. The number of fused-ring (bicyclic) bond motifs is 11. The molecule has 6 rings (SSSR count). The van der Waals surface area contributed by atoms with Gasteiger partial charge in [0.15, 0.2) is 0 Å². The average molecular weight is 383 g/mol. The molecule has 2 aliphatic rings. The van der Waals surface area contributed by atoms with E-state index in [0.29, 0.717) is 0 Å². The zero-order valence-electron chi connectivity index (χ0n) is 14.3. The topological polar surface area (TPSA) is 29.0 Å². The molecule has 0 fully saturated rings. The number of nitrogens with zero attached hydrogens (tertiary/aromatic N) is 3. The molecule has 3 nitrogen and oxygen atoms in total. The molecule has 0 bridgehead atoms. The largest absolute Gasteiger partial charge is 0.303 e. The SMILES string of the molecule is S=P12c3ccccc3-c3cnccc3N1c1cnccc1-c1ccccc12. The fraction of sp³-hybridized carbons (Fsp3) is 0. The predicted octanol–water partition coefficient (Wildman–Crippen LogP) is 4.62. The van der Waals surface area contributed by atoms with Crippen molar-refractivity contribution in [3.05, 3.63) is 85.5 Å². The summed E-state index contributed by atoms with van der Waals surface area (Å²) in [6, 6.07) is 21.3. The van der Waals surface area contributed by atoms with Crippen LogP contribution in [-0.2, 0) is 11.8 Å². The van der Waals surface area contributed by atoms with Crippen molar-refractivity contribution in [2.75, 3.05) is 4.67 Å². The van der Waals surface area contributed by atoms with Crippen LogP contribution in [-0.4, -0.2) is 9.97 Å². The van der Waals surface area contributed by atoms with Crippen LogP contribution in [0.4, 0.5) is 11.4 Å². The Bertz CT molecular complexity index is 1190. The van der Waals surface area contributed by atoms with E-state index in [1.165, 1.54) is 27.3 Å². The van der Waals surface area contributed by atoms with Gasteiger partial charge in [0.1, 0.15) is 0 Å². The Morgan fingerprint density at radius 1 is 0.630 bits per heavy atom. The third kappa shape index (κ3) is 1.84. The molecule has 0 saturated heterocycles. The molecule has 1 unspecified atom stereocenters. The van der Waals surface area contributed by atoms with Crippen LogP contribution in [0, 0.1) is 0 Å². The van der Waals surface area contributed by atoms with Gasteiger partial charge in [0, 0.05) is 40.3 Å². The zero-order chi connectivity index (χ0) is 18.0. The summed E-state index contributed by atoms with van der Waals surface area (Å²) >= 11 is 6.58. The van der Waals surface area contributed by atoms with Crippen LogP contribution in [0.15, 0.2) is 85.5 Å². The highest BCUT2D eigenvalue weighted by molar-refractivity contribution is 8.23. The lowest BCUT2D eigenvalue weighted by atomic mass is 10.0. The van der Waals surface area contributed by atoms with Gasteiger partial charge in [-0.2, -0.15) is 0 Å². The van der Waals surface area contributed by atoms with E-state index in [9.17, 15) is 0 Å². The van der Waals surface area contributed by atoms with Gasteiger partial charge in [-0.3, -0.25) is 9.97 Å². The lowest BCUT2D eigenvalue weighted by Crippen LogP contribution is -2.37. The lowest BCUT2D eigenvalue weighted by Gasteiger charge is -2.46. The van der Waals surface area contributed by atoms with E-state index in [2.05, 4.69) is 75.3 Å². The Balaban J connectivity index is 1.84. The number of rotatable bonds is 0. The fourth-order valence-electron chi connectivity index (χ4n) is 4.27. The number of hydrogen-bond acceptors (Lipinski definition) is 3. The molecule has 0 radical (unpaired) electrons. The van der Waals surface area contributed by atoms with Crippen molar-refractivity contribution in [3.63, 3.8) is 0 Å². The molecule has 0 aliphatic carbocycles. The summed E-state index contributed by atoms with van der Waals surface area (Å²) in [6.45, 7) is 0. The molecule has 0 N–H and O–H groups in total. The molecule has 1 atom stereocenters. The maximum Gasteiger partial charge on any atom is 0.0986 e. The summed E-state index contributed by atoms with van der Waals surface area (Å²) in [7, 11) is 0. The Morgan fingerprint density at radius 2 is 1.26 bits per heavy atom. The second-order valence-corrected chi connectivity index (χ2v) is 10.8. The Morgan fingerprint density at radius 3 is 2.04 bits per heavy atom. The molecule has 0 saturated carbocycles. The van der Waals surface area contributed by atoms with Gasteiger partial charge in [-0.05, 0) is 23.3 Å². The van der Waals surface area contributed by atoms with Gasteiger partial charge in [-0.1, -0.05) is 60.3 Å². The highest BCUT2D eigenvalue weighted by atomic mass is 32.4. The quantitative estimate of drug-likeness (QED) is 0.414. The van der Waals surface area contributed by atoms with Gasteiger partial charge in [-0.15, -0.1) is 0 Å². The maximum atomic E-state index is 6.58. The van der Waals surface area contributed by atoms with E-state index in [1.807, 2.05) is 24.8 Å². The van der Waals surface area contributed by atoms with Gasteiger partial charge < -0.3 is 4.67 Å². The zero-order valence-corrected chi connectivity index (χ0v) is 16.0. The van der Waals surface area contributed by atoms with Gasteiger partial charge in [0.2, 0.25) is 0 Å². The standard InChI is InChI=1S/C22H14N3PS/c27-26-21-7-3-1-5-16(21)15-9-11-24-14-20(15)25(26)19-10-12-23-13-18(19)17-6-2-4-8-22(17)26/h1-14H. The van der Waals surface area contributed by atoms with Crippen LogP contribution in [0.2, 0.25) is 0 Å². The van der Waals surface area contributed by atoms with Gasteiger partial charge in [0.25, 0.3) is 0 Å². The number of benzene rings is 2. The summed E-state index contributed by atoms with van der Waals surface area (Å²) in [6.07, 6.45) is 5.34. The van der Waals surface area contributed by atoms with Crippen molar-refractivity contribution in [1.29, 1.82) is 0 Å². The van der Waals surface area contributed by atoms with Crippen LogP contribution in [0.1, 0.15) is 0 Å². The number of hydrogen-bond donors (Lipinski definition) is 0. The molecule has 128 valence electrons. The number of pyridine rings is 2. The van der Waals surface area contributed by atoms with Gasteiger partial charge in [-0.25, -0.2) is 0 Å². The van der Waals surface area contributed by atoms with E-state index in [4.69, 9.17) is 11.8 Å². The molecule has 4 heterocycles. The van der Waals surface area contributed by atoms with Crippen LogP contribution in [0.5, 0.6) is 0 Å². The molecule has 2 aromatic heterocycles. The third-order valence-electron chi connectivity index (χ3n) is 5.38. The van der Waals surface area contributed by atoms with Crippen LogP contribution in [0.25, 0.3) is 22.3 Å². The first-order valence-corrected chi connectivity index (χ1v) is 11.5. The lowest BCUT2D eigenvalue weighted by molar-refractivity contribution is 1.26. The van der Waals surface area contributed by atoms with E-state index in [0.717, 1.165) is 16.9 Å². The first-order chi connectivity index (χ1) is 13.3. The molecular formula is C22H14N3PS. The minimum absolute atomic E-state index is 1.08. The van der Waals surface area contributed by atoms with Crippen molar-refractivity contribution < 1.29 is 0 Å². The summed E-state index contributed by atoms with van der Waals surface area (Å²) in [5.74, 6) is 0. The first kappa shape index (κ1) is 15.3. The Kier molecular flexibility index (Phi) is 3.03. The number of aromatic nitrogens is 2. The van der Waals surface area contributed by atoms with Crippen molar-refractivity contribution in [3.8, 4) is 22.3 Å². The molecule has 4 aromatic rings. The van der Waals surface area contributed by atoms with Crippen molar-refractivity contribution in [2.45, 2.75) is 0 Å². The first-order valence-electron chi connectivity index (χ1n) is 8.79. The molecule has 5 heteroatoms. The summed E-state index contributed by atoms with van der Waals surface area (Å²) < 4.78 is 2.37. The van der Waals surface area contributed by atoms with Gasteiger partial charge >= 0.3 is 0 Å². The molecule has 0 spiro atoms. The van der Waals surface area contributed by atoms with Crippen LogP contribution in [0.3, 0.4) is 0 Å². The van der Waals surface area contributed by atoms with E-state index < -0.39 is 6.19 Å². The normalized spacial score (nSPS) is 18.6. The van der Waals surface area contributed by atoms with E-state index in [-0.39, 0.29) is 0 Å². The Hall–Kier alpha value is -2.81. The van der Waals surface area contributed by atoms with Gasteiger partial charge in [0.05, 0.1) is 23.8 Å². The molecule has 0 amide bonds. The highest BCUT2D eigenvalue weighted by Crippen LogP contribution is 2.65. The van der Waals surface area contributed by atoms with Crippen LogP contribution < -0.4 is 15.3 Å². The minimum atomic E-state index is -2.26. The van der Waals surface area contributed by atoms with Crippen LogP contribution >= 0.6 is 6.19 Å². The fourth-order valence-corrected chi connectivity index (χ4v) is 9.01. The van der Waals surface area contributed by atoms with Crippen molar-refractivity contribution in [1.82, 2.24) is 9.97 Å². The van der Waals surface area contributed by atoms with E-state index >= 15 is 0 Å². The second kappa shape index (κ2) is 5.35. The Labute approximate surface area is 162 Å². The summed E-state index contributed by atoms with van der Waals surface area (Å²) in [4.78, 5) is 8.83. The minimum Gasteiger partial charge on any atom is -0.303 e. The summed E-state index contributed by atoms with van der Waals surface area (Å²) in [5, 5.41) is 2.47. The summed E-state index contributed by atoms with van der Waals surface area (Å²) in [5.41, 5.74) is 6.94. The molecule has 2 aliphatic heterocycles. The third-order valence-corrected chi connectivity index (χ3v) is 10.1. The molecule has 27 heavy (non-hydrogen) atoms. The predicted molar refractivity (Wildman–Crippen MR) is 115 cm³/mol. The van der Waals surface area contributed by atoms with Crippen molar-refractivity contribution >= 4 is 40.0 Å². The number of anilines is 2. The smallest absolute Gasteiger partial charge is 0.0986 e. The monoisotopic (exact) mass is 383 g/mol. The maximum absolute atomic E-state index is 6.58. The highest BCUT2D eigenvalue weighted by Gasteiger charge is 2.43. The van der Waals surface area contributed by atoms with Crippen molar-refractivity contribution in [2.24, 2.45) is 0 Å². The molecular weight excluding hydrogens is 369 g/mol. The second-order valence-electron chi connectivity index (χ2n) is 6.71. The average Bonchev–Trinajstić information content (AvgIpc) is 2.74.